The van der Waals surface area contributed by atoms with Crippen molar-refractivity contribution in [2.45, 2.75) is 45.9 Å². The molecule has 2 aliphatic rings. The molecule has 2 bridgehead atoms. The average Bonchev–Trinajstić information content (AvgIpc) is 2.41. The van der Waals surface area contributed by atoms with Crippen molar-refractivity contribution >= 4 is 33.3 Å². The number of halogens is 1. The van der Waals surface area contributed by atoms with Crippen LogP contribution in [0.4, 0.5) is 0 Å². The van der Waals surface area contributed by atoms with Crippen LogP contribution in [0.25, 0.3) is 0 Å². The Balaban J connectivity index is 2.14. The predicted octanol–water partition coefficient (Wildman–Crippen LogP) is 4.14. The zero-order valence-electron chi connectivity index (χ0n) is 12.9. The zero-order chi connectivity index (χ0) is 15.4. The Labute approximate surface area is 140 Å². The average molecular weight is 369 g/mol. The van der Waals surface area contributed by atoms with Crippen LogP contribution in [0.15, 0.2) is 16.6 Å². The molecule has 0 amide bonds. The fourth-order valence-corrected chi connectivity index (χ4v) is 4.46. The minimum absolute atomic E-state index is 0.204. The molecule has 3 rings (SSSR count). The fraction of sp³-hybridized carbons (Fsp3) is 0.562. The van der Waals surface area contributed by atoms with Crippen LogP contribution < -0.4 is 10.1 Å². The van der Waals surface area contributed by atoms with E-state index < -0.39 is 0 Å². The maximum absolute atomic E-state index is 6.50. The smallest absolute Gasteiger partial charge is 0.186 e. The molecule has 2 heterocycles. The van der Waals surface area contributed by atoms with Gasteiger partial charge in [-0.3, -0.25) is 0 Å². The number of hydrogen-bond donors (Lipinski definition) is 1. The first-order chi connectivity index (χ1) is 9.88. The minimum atomic E-state index is -0.380. The molecule has 21 heavy (non-hydrogen) atoms. The number of thiocarbonyl (C=S) groups is 1. The van der Waals surface area contributed by atoms with Gasteiger partial charge in [-0.1, -0.05) is 29.8 Å². The monoisotopic (exact) mass is 368 g/mol. The van der Waals surface area contributed by atoms with Crippen LogP contribution in [0.5, 0.6) is 5.75 Å². The van der Waals surface area contributed by atoms with Crippen LogP contribution in [0.2, 0.25) is 0 Å². The van der Waals surface area contributed by atoms with Gasteiger partial charge in [0.25, 0.3) is 0 Å². The summed E-state index contributed by atoms with van der Waals surface area (Å²) >= 11 is 9.18. The lowest BCUT2D eigenvalue weighted by molar-refractivity contribution is -0.110. The van der Waals surface area contributed by atoms with Crippen molar-refractivity contribution < 1.29 is 4.74 Å². The molecule has 0 aliphatic carbocycles. The minimum Gasteiger partial charge on any atom is -0.467 e. The topological polar surface area (TPSA) is 24.5 Å². The molecule has 0 aromatic heterocycles. The molecule has 1 fully saturated rings. The van der Waals surface area contributed by atoms with Gasteiger partial charge in [0, 0.05) is 22.5 Å². The van der Waals surface area contributed by atoms with E-state index >= 15 is 0 Å². The predicted molar refractivity (Wildman–Crippen MR) is 92.5 cm³/mol. The Morgan fingerprint density at radius 2 is 2.19 bits per heavy atom. The van der Waals surface area contributed by atoms with Gasteiger partial charge in [-0.2, -0.15) is 0 Å². The van der Waals surface area contributed by atoms with Gasteiger partial charge in [-0.25, -0.2) is 0 Å². The van der Waals surface area contributed by atoms with Crippen molar-refractivity contribution in [1.29, 1.82) is 0 Å². The van der Waals surface area contributed by atoms with Crippen LogP contribution in [-0.2, 0) is 0 Å². The number of benzene rings is 1. The molecular weight excluding hydrogens is 348 g/mol. The van der Waals surface area contributed by atoms with E-state index in [0.717, 1.165) is 33.9 Å². The summed E-state index contributed by atoms with van der Waals surface area (Å²) in [4.78, 5) is 2.20. The third-order valence-corrected chi connectivity index (χ3v) is 5.56. The summed E-state index contributed by atoms with van der Waals surface area (Å²) in [6.45, 7) is 9.58. The van der Waals surface area contributed by atoms with E-state index in [4.69, 9.17) is 17.0 Å². The first-order valence-corrected chi connectivity index (χ1v) is 8.65. The Hall–Kier alpha value is -0.810. The second-order valence-corrected chi connectivity index (χ2v) is 7.47. The van der Waals surface area contributed by atoms with Crippen LogP contribution in [0.1, 0.15) is 44.4 Å². The molecule has 3 unspecified atom stereocenters. The quantitative estimate of drug-likeness (QED) is 0.792. The van der Waals surface area contributed by atoms with Crippen LogP contribution >= 0.6 is 28.1 Å². The second kappa shape index (κ2) is 5.13. The van der Waals surface area contributed by atoms with Crippen molar-refractivity contribution in [3.05, 3.63) is 27.7 Å². The van der Waals surface area contributed by atoms with Crippen LogP contribution in [0.3, 0.4) is 0 Å². The van der Waals surface area contributed by atoms with Crippen LogP contribution in [-0.4, -0.2) is 22.3 Å². The van der Waals surface area contributed by atoms with E-state index in [0.29, 0.717) is 5.92 Å². The van der Waals surface area contributed by atoms with Gasteiger partial charge in [-0.05, 0) is 50.2 Å². The zero-order valence-corrected chi connectivity index (χ0v) is 15.3. The van der Waals surface area contributed by atoms with Crippen molar-refractivity contribution in [2.24, 2.45) is 5.92 Å². The second-order valence-electron chi connectivity index (χ2n) is 6.17. The van der Waals surface area contributed by atoms with Gasteiger partial charge in [0.1, 0.15) is 5.75 Å². The molecule has 0 radical (unpaired) electrons. The Morgan fingerprint density at radius 3 is 2.86 bits per heavy atom. The lowest BCUT2D eigenvalue weighted by Gasteiger charge is -2.56. The Morgan fingerprint density at radius 1 is 1.48 bits per heavy atom. The summed E-state index contributed by atoms with van der Waals surface area (Å²) < 4.78 is 7.59. The molecule has 114 valence electrons. The highest BCUT2D eigenvalue weighted by molar-refractivity contribution is 9.10. The van der Waals surface area contributed by atoms with Gasteiger partial charge < -0.3 is 15.0 Å². The standard InChI is InChI=1S/C16H21BrN2OS/c1-5-6-19-15(21)18-13-10(3)16(19,4)20-14-9(2)7-11(17)8-12(13)14/h7-8,10,13H,5-6H2,1-4H3,(H,18,21). The number of fused-ring (bicyclic) bond motifs is 4. The van der Waals surface area contributed by atoms with Crippen molar-refractivity contribution in [3.63, 3.8) is 0 Å². The maximum atomic E-state index is 6.50. The van der Waals surface area contributed by atoms with Gasteiger partial charge in [0.15, 0.2) is 10.8 Å². The Kier molecular flexibility index (Phi) is 3.69. The first-order valence-electron chi connectivity index (χ1n) is 7.45. The molecule has 3 atom stereocenters. The molecule has 1 saturated heterocycles. The molecule has 3 nitrogen and oxygen atoms in total. The third-order valence-electron chi connectivity index (χ3n) is 4.76. The first kappa shape index (κ1) is 15.1. The normalized spacial score (nSPS) is 30.5. The number of nitrogens with zero attached hydrogens (tertiary/aromatic N) is 1. The lowest BCUT2D eigenvalue weighted by Crippen LogP contribution is -2.69. The van der Waals surface area contributed by atoms with E-state index in [1.165, 1.54) is 5.56 Å². The molecule has 1 N–H and O–H groups in total. The summed E-state index contributed by atoms with van der Waals surface area (Å²) in [5, 5.41) is 4.32. The van der Waals surface area contributed by atoms with Gasteiger partial charge in [0.05, 0.1) is 6.04 Å². The van der Waals surface area contributed by atoms with E-state index in [-0.39, 0.29) is 11.8 Å². The molecule has 5 heteroatoms. The summed E-state index contributed by atoms with van der Waals surface area (Å²) in [6, 6.07) is 4.46. The largest absolute Gasteiger partial charge is 0.467 e. The SMILES string of the molecule is CCCN1C(=S)NC2c3cc(Br)cc(C)c3OC1(C)C2C. The highest BCUT2D eigenvalue weighted by atomic mass is 79.9. The van der Waals surface area contributed by atoms with Crippen molar-refractivity contribution in [2.75, 3.05) is 6.54 Å². The van der Waals surface area contributed by atoms with E-state index in [1.807, 2.05) is 0 Å². The van der Waals surface area contributed by atoms with Gasteiger partial charge in [-0.15, -0.1) is 0 Å². The van der Waals surface area contributed by atoms with Gasteiger partial charge in [0.2, 0.25) is 0 Å². The van der Waals surface area contributed by atoms with E-state index in [9.17, 15) is 0 Å². The highest BCUT2D eigenvalue weighted by Crippen LogP contribution is 2.49. The molecule has 0 saturated carbocycles. The molecule has 1 aromatic rings. The summed E-state index contributed by atoms with van der Waals surface area (Å²) in [6.07, 6.45) is 1.05. The van der Waals surface area contributed by atoms with E-state index in [2.05, 4.69) is 66.0 Å². The molecule has 0 spiro atoms. The number of ether oxygens (including phenoxy) is 1. The molecular formula is C16H21BrN2OS. The summed E-state index contributed by atoms with van der Waals surface area (Å²) in [7, 11) is 0. The number of hydrogen-bond acceptors (Lipinski definition) is 2. The fourth-order valence-electron chi connectivity index (χ4n) is 3.47. The number of nitrogens with one attached hydrogen (secondary N) is 1. The number of rotatable bonds is 2. The van der Waals surface area contributed by atoms with E-state index in [1.54, 1.807) is 0 Å². The number of aryl methyl sites for hydroxylation is 1. The molecule has 2 aliphatic heterocycles. The highest BCUT2D eigenvalue weighted by Gasteiger charge is 2.53. The van der Waals surface area contributed by atoms with Crippen molar-refractivity contribution in [3.8, 4) is 5.75 Å². The Bertz CT molecular complexity index is 606. The van der Waals surface area contributed by atoms with Crippen LogP contribution in [0, 0.1) is 12.8 Å². The summed E-state index contributed by atoms with van der Waals surface area (Å²) in [5.74, 6) is 1.32. The maximum Gasteiger partial charge on any atom is 0.186 e. The third kappa shape index (κ3) is 2.16. The summed E-state index contributed by atoms with van der Waals surface area (Å²) in [5.41, 5.74) is 1.98. The lowest BCUT2D eigenvalue weighted by atomic mass is 9.80. The van der Waals surface area contributed by atoms with Gasteiger partial charge >= 0.3 is 0 Å². The van der Waals surface area contributed by atoms with Crippen molar-refractivity contribution in [1.82, 2.24) is 10.2 Å². The molecule has 1 aromatic carbocycles.